The van der Waals surface area contributed by atoms with Crippen LogP contribution in [0.3, 0.4) is 0 Å². The van der Waals surface area contributed by atoms with Crippen LogP contribution >= 0.6 is 11.6 Å². The molecule has 0 amide bonds. The number of halogens is 1. The quantitative estimate of drug-likeness (QED) is 0.670. The number of hydrogen-bond acceptors (Lipinski definition) is 7. The van der Waals surface area contributed by atoms with Crippen LogP contribution in [0.15, 0.2) is 24.5 Å². The first-order valence-corrected chi connectivity index (χ1v) is 7.79. The highest BCUT2D eigenvalue weighted by molar-refractivity contribution is 6.30. The number of nitrogens with one attached hydrogen (secondary N) is 1. The molecule has 2 heterocycles. The Balaban J connectivity index is 2.01. The van der Waals surface area contributed by atoms with Gasteiger partial charge in [-0.2, -0.15) is 0 Å². The minimum atomic E-state index is -0.465. The third kappa shape index (κ3) is 3.39. The summed E-state index contributed by atoms with van der Waals surface area (Å²) in [6.45, 7) is 4.00. The van der Waals surface area contributed by atoms with E-state index in [0.29, 0.717) is 42.8 Å². The lowest BCUT2D eigenvalue weighted by Crippen LogP contribution is -2.37. The number of ether oxygens (including phenoxy) is 1. The van der Waals surface area contributed by atoms with Crippen LogP contribution in [0.2, 0.25) is 5.02 Å². The van der Waals surface area contributed by atoms with Gasteiger partial charge in [-0.3, -0.25) is 10.1 Å². The van der Waals surface area contributed by atoms with Crippen molar-refractivity contribution in [3.8, 4) is 0 Å². The fourth-order valence-corrected chi connectivity index (χ4v) is 2.66. The molecule has 1 saturated heterocycles. The van der Waals surface area contributed by atoms with Crippen molar-refractivity contribution in [3.63, 3.8) is 0 Å². The largest absolute Gasteiger partial charge is 0.378 e. The normalized spacial score (nSPS) is 14.5. The lowest BCUT2D eigenvalue weighted by Gasteiger charge is -2.27. The molecule has 2 aromatic rings. The zero-order valence-electron chi connectivity index (χ0n) is 13.0. The Labute approximate surface area is 143 Å². The van der Waals surface area contributed by atoms with Crippen molar-refractivity contribution < 1.29 is 9.66 Å². The molecule has 1 N–H and O–H groups in total. The Bertz CT molecular complexity index is 765. The van der Waals surface area contributed by atoms with E-state index in [-0.39, 0.29) is 11.5 Å². The summed E-state index contributed by atoms with van der Waals surface area (Å²) in [5.41, 5.74) is 1.41. The van der Waals surface area contributed by atoms with Gasteiger partial charge in [0.25, 0.3) is 0 Å². The number of nitrogens with zero attached hydrogens (tertiary/aromatic N) is 4. The second kappa shape index (κ2) is 6.98. The van der Waals surface area contributed by atoms with Gasteiger partial charge in [0.15, 0.2) is 0 Å². The molecular formula is C15H16ClN5O3. The molecule has 0 aliphatic carbocycles. The number of hydrogen-bond donors (Lipinski definition) is 1. The average molecular weight is 350 g/mol. The molecule has 0 bridgehead atoms. The van der Waals surface area contributed by atoms with Gasteiger partial charge in [0.1, 0.15) is 6.33 Å². The van der Waals surface area contributed by atoms with Gasteiger partial charge in [-0.15, -0.1) is 0 Å². The zero-order valence-corrected chi connectivity index (χ0v) is 13.8. The molecular weight excluding hydrogens is 334 g/mol. The molecule has 1 aliphatic rings. The fraction of sp³-hybridized carbons (Fsp3) is 0.333. The first-order valence-electron chi connectivity index (χ1n) is 7.41. The Morgan fingerprint density at radius 1 is 1.33 bits per heavy atom. The fourth-order valence-electron chi connectivity index (χ4n) is 2.49. The third-order valence-corrected chi connectivity index (χ3v) is 3.98. The highest BCUT2D eigenvalue weighted by Crippen LogP contribution is 2.34. The van der Waals surface area contributed by atoms with Crippen LogP contribution < -0.4 is 10.2 Å². The molecule has 8 nitrogen and oxygen atoms in total. The number of rotatable bonds is 4. The molecule has 0 unspecified atom stereocenters. The second-order valence-electron chi connectivity index (χ2n) is 5.34. The van der Waals surface area contributed by atoms with E-state index in [1.54, 1.807) is 12.1 Å². The summed E-state index contributed by atoms with van der Waals surface area (Å²) >= 11 is 6.01. The number of benzene rings is 1. The summed E-state index contributed by atoms with van der Waals surface area (Å²) in [7, 11) is 0. The summed E-state index contributed by atoms with van der Waals surface area (Å²) in [6.07, 6.45) is 1.32. The van der Waals surface area contributed by atoms with Crippen LogP contribution in [0.25, 0.3) is 0 Å². The number of morpholine rings is 1. The minimum Gasteiger partial charge on any atom is -0.378 e. The van der Waals surface area contributed by atoms with Crippen LogP contribution in [-0.4, -0.2) is 41.2 Å². The standard InChI is InChI=1S/C15H16ClN5O3/c1-10-2-3-11(16)8-12(10)19-14-13(21(22)23)15(18-9-17-14)20-4-6-24-7-5-20/h2-3,8-9H,4-7H2,1H3,(H,17,18,19). The van der Waals surface area contributed by atoms with E-state index < -0.39 is 4.92 Å². The van der Waals surface area contributed by atoms with E-state index in [4.69, 9.17) is 16.3 Å². The van der Waals surface area contributed by atoms with Crippen molar-refractivity contribution >= 4 is 34.6 Å². The highest BCUT2D eigenvalue weighted by Gasteiger charge is 2.28. The first-order chi connectivity index (χ1) is 11.6. The second-order valence-corrected chi connectivity index (χ2v) is 5.77. The van der Waals surface area contributed by atoms with Crippen LogP contribution in [0.4, 0.5) is 23.0 Å². The predicted octanol–water partition coefficient (Wildman–Crippen LogP) is 2.93. The lowest BCUT2D eigenvalue weighted by atomic mass is 10.2. The molecule has 1 aromatic heterocycles. The van der Waals surface area contributed by atoms with Crippen molar-refractivity contribution in [2.45, 2.75) is 6.92 Å². The molecule has 0 radical (unpaired) electrons. The number of nitro groups is 1. The Kier molecular flexibility index (Phi) is 4.77. The topological polar surface area (TPSA) is 93.4 Å². The van der Waals surface area contributed by atoms with Crippen molar-refractivity contribution in [1.82, 2.24) is 9.97 Å². The molecule has 1 fully saturated rings. The number of anilines is 3. The van der Waals surface area contributed by atoms with Gasteiger partial charge >= 0.3 is 5.69 Å². The van der Waals surface area contributed by atoms with Crippen LogP contribution in [0, 0.1) is 17.0 Å². The summed E-state index contributed by atoms with van der Waals surface area (Å²) in [5, 5.41) is 15.2. The van der Waals surface area contributed by atoms with Crippen LogP contribution in [-0.2, 0) is 4.74 Å². The van der Waals surface area contributed by atoms with Gasteiger partial charge in [-0.25, -0.2) is 9.97 Å². The maximum Gasteiger partial charge on any atom is 0.353 e. The number of aromatic nitrogens is 2. The molecule has 126 valence electrons. The molecule has 0 spiro atoms. The van der Waals surface area contributed by atoms with E-state index in [1.807, 2.05) is 17.9 Å². The molecule has 1 aliphatic heterocycles. The summed E-state index contributed by atoms with van der Waals surface area (Å²) in [6, 6.07) is 5.30. The summed E-state index contributed by atoms with van der Waals surface area (Å²) < 4.78 is 5.29. The smallest absolute Gasteiger partial charge is 0.353 e. The van der Waals surface area contributed by atoms with E-state index in [0.717, 1.165) is 5.56 Å². The minimum absolute atomic E-state index is 0.141. The van der Waals surface area contributed by atoms with Gasteiger partial charge < -0.3 is 15.0 Å². The van der Waals surface area contributed by atoms with Gasteiger partial charge in [-0.1, -0.05) is 17.7 Å². The number of aryl methyl sites for hydroxylation is 1. The average Bonchev–Trinajstić information content (AvgIpc) is 2.58. The molecule has 0 saturated carbocycles. The Morgan fingerprint density at radius 2 is 2.08 bits per heavy atom. The maximum atomic E-state index is 11.6. The maximum absolute atomic E-state index is 11.6. The summed E-state index contributed by atoms with van der Waals surface area (Å²) in [5.74, 6) is 0.433. The van der Waals surface area contributed by atoms with Crippen molar-refractivity contribution in [1.29, 1.82) is 0 Å². The third-order valence-electron chi connectivity index (χ3n) is 3.75. The Hall–Kier alpha value is -2.45. The van der Waals surface area contributed by atoms with Gasteiger partial charge in [0, 0.05) is 23.8 Å². The van der Waals surface area contributed by atoms with E-state index in [2.05, 4.69) is 15.3 Å². The highest BCUT2D eigenvalue weighted by atomic mass is 35.5. The molecule has 1 aromatic carbocycles. The van der Waals surface area contributed by atoms with Crippen molar-refractivity contribution in [2.75, 3.05) is 36.5 Å². The van der Waals surface area contributed by atoms with E-state index in [9.17, 15) is 10.1 Å². The van der Waals surface area contributed by atoms with Crippen molar-refractivity contribution in [3.05, 3.63) is 45.2 Å². The Morgan fingerprint density at radius 3 is 2.79 bits per heavy atom. The summed E-state index contributed by atoms with van der Waals surface area (Å²) in [4.78, 5) is 21.2. The monoisotopic (exact) mass is 349 g/mol. The van der Waals surface area contributed by atoms with Gasteiger partial charge in [0.2, 0.25) is 11.6 Å². The van der Waals surface area contributed by atoms with Gasteiger partial charge in [0.05, 0.1) is 18.1 Å². The van der Waals surface area contributed by atoms with Gasteiger partial charge in [-0.05, 0) is 24.6 Å². The zero-order chi connectivity index (χ0) is 17.1. The molecule has 9 heteroatoms. The first kappa shape index (κ1) is 16.4. The van der Waals surface area contributed by atoms with Crippen LogP contribution in [0.5, 0.6) is 0 Å². The molecule has 0 atom stereocenters. The van der Waals surface area contributed by atoms with E-state index >= 15 is 0 Å². The molecule has 3 rings (SSSR count). The van der Waals surface area contributed by atoms with E-state index in [1.165, 1.54) is 6.33 Å². The molecule has 24 heavy (non-hydrogen) atoms. The predicted molar refractivity (Wildman–Crippen MR) is 91.2 cm³/mol. The SMILES string of the molecule is Cc1ccc(Cl)cc1Nc1ncnc(N2CCOCC2)c1[N+](=O)[O-]. The van der Waals surface area contributed by atoms with Crippen molar-refractivity contribution in [2.24, 2.45) is 0 Å². The lowest BCUT2D eigenvalue weighted by molar-refractivity contribution is -0.383. The van der Waals surface area contributed by atoms with Crippen LogP contribution in [0.1, 0.15) is 5.56 Å².